The third-order valence-electron chi connectivity index (χ3n) is 3.60. The topological polar surface area (TPSA) is 50.2 Å². The van der Waals surface area contributed by atoms with Crippen molar-refractivity contribution in [2.75, 3.05) is 7.05 Å². The molecule has 5 heteroatoms. The lowest BCUT2D eigenvalue weighted by Crippen LogP contribution is -2.43. The van der Waals surface area contributed by atoms with Crippen LogP contribution in [0.1, 0.15) is 37.8 Å². The van der Waals surface area contributed by atoms with Crippen molar-refractivity contribution in [3.05, 3.63) is 18.0 Å². The van der Waals surface area contributed by atoms with Gasteiger partial charge in [0, 0.05) is 26.3 Å². The molecule has 18 heavy (non-hydrogen) atoms. The minimum atomic E-state index is 0.0168. The standard InChI is InChI=1S/C13H22N4O/c1-16(10-12-8-9-14-17(12)2)13(18)15-11-6-4-3-5-7-11/h8-9,11H,3-7,10H2,1-2H3,(H,15,18). The predicted molar refractivity (Wildman–Crippen MR) is 70.1 cm³/mol. The van der Waals surface area contributed by atoms with Crippen molar-refractivity contribution in [1.82, 2.24) is 20.0 Å². The number of hydrogen-bond acceptors (Lipinski definition) is 2. The normalized spacial score (nSPS) is 16.6. The molecular formula is C13H22N4O. The van der Waals surface area contributed by atoms with Crippen LogP contribution in [-0.2, 0) is 13.6 Å². The molecule has 1 saturated carbocycles. The molecule has 0 saturated heterocycles. The van der Waals surface area contributed by atoms with Gasteiger partial charge in [-0.15, -0.1) is 0 Å². The molecule has 2 amide bonds. The van der Waals surface area contributed by atoms with E-state index in [0.29, 0.717) is 12.6 Å². The Morgan fingerprint density at radius 2 is 2.22 bits per heavy atom. The maximum absolute atomic E-state index is 12.0. The Morgan fingerprint density at radius 1 is 1.50 bits per heavy atom. The van der Waals surface area contributed by atoms with Gasteiger partial charge in [0.05, 0.1) is 12.2 Å². The molecule has 1 aliphatic rings. The molecule has 2 rings (SSSR count). The Morgan fingerprint density at radius 3 is 2.83 bits per heavy atom. The van der Waals surface area contributed by atoms with Gasteiger partial charge in [-0.05, 0) is 18.9 Å². The summed E-state index contributed by atoms with van der Waals surface area (Å²) >= 11 is 0. The number of urea groups is 1. The number of hydrogen-bond donors (Lipinski definition) is 1. The number of aromatic nitrogens is 2. The Kier molecular flexibility index (Phi) is 4.23. The van der Waals surface area contributed by atoms with Gasteiger partial charge in [-0.1, -0.05) is 19.3 Å². The number of rotatable bonds is 3. The highest BCUT2D eigenvalue weighted by Crippen LogP contribution is 2.17. The molecule has 0 atom stereocenters. The molecule has 0 aromatic carbocycles. The molecule has 0 spiro atoms. The van der Waals surface area contributed by atoms with Gasteiger partial charge in [0.25, 0.3) is 0 Å². The molecule has 1 aliphatic carbocycles. The fraction of sp³-hybridized carbons (Fsp3) is 0.692. The summed E-state index contributed by atoms with van der Waals surface area (Å²) in [5.41, 5.74) is 1.04. The van der Waals surface area contributed by atoms with Crippen molar-refractivity contribution in [1.29, 1.82) is 0 Å². The third-order valence-corrected chi connectivity index (χ3v) is 3.60. The van der Waals surface area contributed by atoms with E-state index in [9.17, 15) is 4.79 Å². The van der Waals surface area contributed by atoms with Crippen LogP contribution in [0.25, 0.3) is 0 Å². The number of amides is 2. The van der Waals surface area contributed by atoms with Crippen LogP contribution in [0.4, 0.5) is 4.79 Å². The maximum Gasteiger partial charge on any atom is 0.317 e. The Balaban J connectivity index is 1.83. The van der Waals surface area contributed by atoms with E-state index in [1.807, 2.05) is 20.2 Å². The fourth-order valence-corrected chi connectivity index (χ4v) is 2.40. The first-order valence-electron chi connectivity index (χ1n) is 6.65. The van der Waals surface area contributed by atoms with Crippen molar-refractivity contribution in [3.63, 3.8) is 0 Å². The van der Waals surface area contributed by atoms with Crippen molar-refractivity contribution in [2.24, 2.45) is 7.05 Å². The first kappa shape index (κ1) is 12.9. The van der Waals surface area contributed by atoms with Gasteiger partial charge in [0.1, 0.15) is 0 Å². The van der Waals surface area contributed by atoms with E-state index in [1.54, 1.807) is 15.8 Å². The van der Waals surface area contributed by atoms with E-state index in [1.165, 1.54) is 19.3 Å². The van der Waals surface area contributed by atoms with Crippen LogP contribution in [0.15, 0.2) is 12.3 Å². The fourth-order valence-electron chi connectivity index (χ4n) is 2.40. The molecule has 0 unspecified atom stereocenters. The monoisotopic (exact) mass is 250 g/mol. The van der Waals surface area contributed by atoms with Gasteiger partial charge >= 0.3 is 6.03 Å². The number of carbonyl (C=O) groups is 1. The highest BCUT2D eigenvalue weighted by molar-refractivity contribution is 5.74. The Labute approximate surface area is 108 Å². The summed E-state index contributed by atoms with van der Waals surface area (Å²) in [6.07, 6.45) is 7.75. The van der Waals surface area contributed by atoms with Gasteiger partial charge in [-0.3, -0.25) is 4.68 Å². The SMILES string of the molecule is CN(Cc1ccnn1C)C(=O)NC1CCCCC1. The zero-order chi connectivity index (χ0) is 13.0. The van der Waals surface area contributed by atoms with Crippen molar-refractivity contribution < 1.29 is 4.79 Å². The first-order chi connectivity index (χ1) is 8.66. The maximum atomic E-state index is 12.0. The zero-order valence-corrected chi connectivity index (χ0v) is 11.2. The quantitative estimate of drug-likeness (QED) is 0.890. The van der Waals surface area contributed by atoms with Crippen LogP contribution in [0.5, 0.6) is 0 Å². The molecule has 0 radical (unpaired) electrons. The molecule has 5 nitrogen and oxygen atoms in total. The van der Waals surface area contributed by atoms with Gasteiger partial charge in [-0.2, -0.15) is 5.10 Å². The molecule has 1 N–H and O–H groups in total. The average molecular weight is 250 g/mol. The second kappa shape index (κ2) is 5.89. The van der Waals surface area contributed by atoms with Crippen LogP contribution < -0.4 is 5.32 Å². The van der Waals surface area contributed by atoms with Crippen LogP contribution in [0.2, 0.25) is 0 Å². The van der Waals surface area contributed by atoms with Gasteiger partial charge in [-0.25, -0.2) is 4.79 Å². The average Bonchev–Trinajstić information content (AvgIpc) is 2.76. The number of nitrogens with zero attached hydrogens (tertiary/aromatic N) is 3. The second-order valence-electron chi connectivity index (χ2n) is 5.09. The van der Waals surface area contributed by atoms with Crippen molar-refractivity contribution in [2.45, 2.75) is 44.7 Å². The lowest BCUT2D eigenvalue weighted by Gasteiger charge is -2.26. The summed E-state index contributed by atoms with van der Waals surface area (Å²) in [5.74, 6) is 0. The van der Waals surface area contributed by atoms with E-state index >= 15 is 0 Å². The first-order valence-corrected chi connectivity index (χ1v) is 6.65. The molecular weight excluding hydrogens is 228 g/mol. The largest absolute Gasteiger partial charge is 0.335 e. The lowest BCUT2D eigenvalue weighted by molar-refractivity contribution is 0.197. The molecule has 1 heterocycles. The van der Waals surface area contributed by atoms with Crippen LogP contribution in [0.3, 0.4) is 0 Å². The second-order valence-corrected chi connectivity index (χ2v) is 5.09. The minimum Gasteiger partial charge on any atom is -0.335 e. The number of nitrogens with one attached hydrogen (secondary N) is 1. The van der Waals surface area contributed by atoms with E-state index in [2.05, 4.69) is 10.4 Å². The van der Waals surface area contributed by atoms with Crippen molar-refractivity contribution >= 4 is 6.03 Å². The molecule has 0 bridgehead atoms. The van der Waals surface area contributed by atoms with Gasteiger partial charge < -0.3 is 10.2 Å². The summed E-state index contributed by atoms with van der Waals surface area (Å²) in [6, 6.07) is 2.31. The van der Waals surface area contributed by atoms with Crippen LogP contribution >= 0.6 is 0 Å². The van der Waals surface area contributed by atoms with E-state index in [4.69, 9.17) is 0 Å². The summed E-state index contributed by atoms with van der Waals surface area (Å²) in [7, 11) is 3.72. The van der Waals surface area contributed by atoms with Crippen LogP contribution in [-0.4, -0.2) is 33.8 Å². The summed E-state index contributed by atoms with van der Waals surface area (Å²) in [6.45, 7) is 0.592. The molecule has 100 valence electrons. The number of aryl methyl sites for hydroxylation is 1. The zero-order valence-electron chi connectivity index (χ0n) is 11.2. The highest BCUT2D eigenvalue weighted by Gasteiger charge is 2.18. The lowest BCUT2D eigenvalue weighted by atomic mass is 9.96. The summed E-state index contributed by atoms with van der Waals surface area (Å²) in [5, 5.41) is 7.21. The summed E-state index contributed by atoms with van der Waals surface area (Å²) < 4.78 is 1.80. The summed E-state index contributed by atoms with van der Waals surface area (Å²) in [4.78, 5) is 13.7. The molecule has 0 aliphatic heterocycles. The van der Waals surface area contributed by atoms with Gasteiger partial charge in [0.2, 0.25) is 0 Å². The van der Waals surface area contributed by atoms with Crippen LogP contribution in [0, 0.1) is 0 Å². The Bertz CT molecular complexity index is 395. The number of carbonyl (C=O) groups excluding carboxylic acids is 1. The Hall–Kier alpha value is -1.52. The van der Waals surface area contributed by atoms with E-state index in [-0.39, 0.29) is 6.03 Å². The van der Waals surface area contributed by atoms with E-state index < -0.39 is 0 Å². The highest BCUT2D eigenvalue weighted by atomic mass is 16.2. The molecule has 1 aromatic rings. The third kappa shape index (κ3) is 3.24. The van der Waals surface area contributed by atoms with Gasteiger partial charge in [0.15, 0.2) is 0 Å². The molecule has 1 aromatic heterocycles. The minimum absolute atomic E-state index is 0.0168. The van der Waals surface area contributed by atoms with Crippen molar-refractivity contribution in [3.8, 4) is 0 Å². The molecule has 1 fully saturated rings. The predicted octanol–water partition coefficient (Wildman–Crippen LogP) is 1.89. The van der Waals surface area contributed by atoms with E-state index in [0.717, 1.165) is 18.5 Å². The smallest absolute Gasteiger partial charge is 0.317 e.